The molecule has 0 spiro atoms. The molecule has 0 unspecified atom stereocenters. The van der Waals surface area contributed by atoms with Gasteiger partial charge >= 0.3 is 0 Å². The minimum Gasteiger partial charge on any atom is -0.493 e. The van der Waals surface area contributed by atoms with Gasteiger partial charge < -0.3 is 15.2 Å². The predicted octanol–water partition coefficient (Wildman–Crippen LogP) is 0.665. The normalized spacial score (nSPS) is 10.3. The molecule has 0 aliphatic rings. The molecule has 0 fully saturated rings. The first kappa shape index (κ1) is 12.3. The van der Waals surface area contributed by atoms with E-state index >= 15 is 0 Å². The monoisotopic (exact) mass is 230 g/mol. The molecule has 0 bridgehead atoms. The summed E-state index contributed by atoms with van der Waals surface area (Å²) in [7, 11) is 0. The highest BCUT2D eigenvalue weighted by atomic mass is 35.5. The van der Waals surface area contributed by atoms with Crippen LogP contribution in [0.2, 0.25) is 5.02 Å². The number of nitrogens with two attached hydrogens (primary N) is 1. The van der Waals surface area contributed by atoms with E-state index in [1.54, 1.807) is 0 Å². The van der Waals surface area contributed by atoms with Crippen molar-refractivity contribution in [1.29, 1.82) is 0 Å². The maximum atomic E-state index is 8.55. The van der Waals surface area contributed by atoms with Crippen molar-refractivity contribution in [2.45, 2.75) is 6.42 Å². The Morgan fingerprint density at radius 2 is 1.93 bits per heavy atom. The number of aliphatic hydroxyl groups is 1. The minimum atomic E-state index is 0.234. The van der Waals surface area contributed by atoms with Crippen molar-refractivity contribution in [1.82, 2.24) is 0 Å². The van der Waals surface area contributed by atoms with Crippen LogP contribution in [0.3, 0.4) is 0 Å². The second-order valence-corrected chi connectivity index (χ2v) is 3.68. The van der Waals surface area contributed by atoms with Crippen LogP contribution in [0.5, 0.6) is 5.75 Å². The highest BCUT2D eigenvalue weighted by Crippen LogP contribution is 2.15. The first-order valence-corrected chi connectivity index (χ1v) is 5.51. The summed E-state index contributed by atoms with van der Waals surface area (Å²) in [6.45, 7) is 2.68. The molecular formula is C11H17ClNO2+. The highest BCUT2D eigenvalue weighted by Gasteiger charge is 1.94. The fraction of sp³-hybridized carbons (Fsp3) is 0.455. The standard InChI is InChI=1S/C11H16ClNO2/c12-10-2-4-11(5-3-10)15-9-1-6-13-7-8-14/h2-5,13-14H,1,6-9H2/p+1. The average Bonchev–Trinajstić information content (AvgIpc) is 2.26. The maximum absolute atomic E-state index is 8.55. The second kappa shape index (κ2) is 7.51. The molecular weight excluding hydrogens is 214 g/mol. The lowest BCUT2D eigenvalue weighted by Gasteiger charge is -2.05. The van der Waals surface area contributed by atoms with Crippen molar-refractivity contribution in [3.8, 4) is 5.75 Å². The van der Waals surface area contributed by atoms with E-state index in [1.165, 1.54) is 0 Å². The Bertz CT molecular complexity index is 264. The molecule has 0 saturated heterocycles. The third-order valence-corrected chi connectivity index (χ3v) is 2.22. The van der Waals surface area contributed by atoms with E-state index in [1.807, 2.05) is 24.3 Å². The zero-order valence-electron chi connectivity index (χ0n) is 8.66. The second-order valence-electron chi connectivity index (χ2n) is 3.25. The zero-order chi connectivity index (χ0) is 10.9. The quantitative estimate of drug-likeness (QED) is 0.677. The highest BCUT2D eigenvalue weighted by molar-refractivity contribution is 6.30. The molecule has 3 N–H and O–H groups in total. The fourth-order valence-electron chi connectivity index (χ4n) is 1.18. The smallest absolute Gasteiger partial charge is 0.119 e. The van der Waals surface area contributed by atoms with Crippen LogP contribution in [0, 0.1) is 0 Å². The van der Waals surface area contributed by atoms with Gasteiger partial charge in [0.25, 0.3) is 0 Å². The first-order chi connectivity index (χ1) is 7.33. The Hall–Kier alpha value is -0.770. The SMILES string of the molecule is OCC[NH2+]CCCOc1ccc(Cl)cc1. The maximum Gasteiger partial charge on any atom is 0.119 e. The van der Waals surface area contributed by atoms with Gasteiger partial charge in [0.2, 0.25) is 0 Å². The molecule has 0 aliphatic heterocycles. The van der Waals surface area contributed by atoms with Gasteiger partial charge in [-0.25, -0.2) is 0 Å². The summed E-state index contributed by atoms with van der Waals surface area (Å²) in [6, 6.07) is 7.35. The van der Waals surface area contributed by atoms with Crippen LogP contribution in [0.1, 0.15) is 6.42 Å². The molecule has 0 atom stereocenters. The Labute approximate surface area is 95.0 Å². The molecule has 4 heteroatoms. The summed E-state index contributed by atoms with van der Waals surface area (Å²) in [5.41, 5.74) is 0. The largest absolute Gasteiger partial charge is 0.493 e. The molecule has 0 aliphatic carbocycles. The molecule has 1 aromatic rings. The third kappa shape index (κ3) is 5.62. The fourth-order valence-corrected chi connectivity index (χ4v) is 1.31. The summed E-state index contributed by atoms with van der Waals surface area (Å²) >= 11 is 5.75. The van der Waals surface area contributed by atoms with Crippen molar-refractivity contribution in [3.63, 3.8) is 0 Å². The van der Waals surface area contributed by atoms with Gasteiger partial charge in [-0.15, -0.1) is 0 Å². The van der Waals surface area contributed by atoms with Crippen LogP contribution in [-0.4, -0.2) is 31.4 Å². The molecule has 1 aromatic carbocycles. The molecule has 0 amide bonds. The Balaban J connectivity index is 2.07. The van der Waals surface area contributed by atoms with Crippen LogP contribution >= 0.6 is 11.6 Å². The molecule has 0 aromatic heterocycles. The van der Waals surface area contributed by atoms with Gasteiger partial charge in [0.1, 0.15) is 5.75 Å². The molecule has 0 radical (unpaired) electrons. The van der Waals surface area contributed by atoms with Gasteiger partial charge in [-0.1, -0.05) is 11.6 Å². The summed E-state index contributed by atoms with van der Waals surface area (Å²) in [4.78, 5) is 0. The number of benzene rings is 1. The Morgan fingerprint density at radius 3 is 2.60 bits per heavy atom. The first-order valence-electron chi connectivity index (χ1n) is 5.14. The third-order valence-electron chi connectivity index (χ3n) is 1.97. The van der Waals surface area contributed by atoms with Gasteiger partial charge in [0, 0.05) is 11.4 Å². The van der Waals surface area contributed by atoms with Gasteiger partial charge in [0.05, 0.1) is 26.3 Å². The van der Waals surface area contributed by atoms with E-state index in [4.69, 9.17) is 21.4 Å². The molecule has 0 saturated carbocycles. The van der Waals surface area contributed by atoms with Crippen LogP contribution in [0.15, 0.2) is 24.3 Å². The van der Waals surface area contributed by atoms with Crippen LogP contribution < -0.4 is 10.1 Å². The lowest BCUT2D eigenvalue weighted by atomic mass is 10.3. The summed E-state index contributed by atoms with van der Waals surface area (Å²) in [6.07, 6.45) is 0.975. The number of quaternary nitrogens is 1. The van der Waals surface area contributed by atoms with Crippen molar-refractivity contribution in [2.75, 3.05) is 26.3 Å². The van der Waals surface area contributed by atoms with E-state index in [-0.39, 0.29) is 6.61 Å². The van der Waals surface area contributed by atoms with Crippen molar-refractivity contribution in [3.05, 3.63) is 29.3 Å². The Morgan fingerprint density at radius 1 is 1.20 bits per heavy atom. The lowest BCUT2D eigenvalue weighted by molar-refractivity contribution is -0.656. The van der Waals surface area contributed by atoms with Crippen molar-refractivity contribution >= 4 is 11.6 Å². The number of ether oxygens (including phenoxy) is 1. The van der Waals surface area contributed by atoms with Crippen molar-refractivity contribution in [2.24, 2.45) is 0 Å². The van der Waals surface area contributed by atoms with E-state index in [9.17, 15) is 0 Å². The number of rotatable bonds is 7. The number of aliphatic hydroxyl groups excluding tert-OH is 1. The topological polar surface area (TPSA) is 46.1 Å². The number of hydrogen-bond donors (Lipinski definition) is 2. The van der Waals surface area contributed by atoms with Gasteiger partial charge in [-0.3, -0.25) is 0 Å². The molecule has 1 rings (SSSR count). The minimum absolute atomic E-state index is 0.234. The summed E-state index contributed by atoms with van der Waals surface area (Å²) in [5.74, 6) is 0.849. The van der Waals surface area contributed by atoms with Crippen LogP contribution in [0.4, 0.5) is 0 Å². The number of halogens is 1. The Kier molecular flexibility index (Phi) is 6.16. The lowest BCUT2D eigenvalue weighted by Crippen LogP contribution is -2.85. The van der Waals surface area contributed by atoms with Gasteiger partial charge in [-0.2, -0.15) is 0 Å². The van der Waals surface area contributed by atoms with Crippen molar-refractivity contribution < 1.29 is 15.2 Å². The van der Waals surface area contributed by atoms with E-state index < -0.39 is 0 Å². The predicted molar refractivity (Wildman–Crippen MR) is 60.3 cm³/mol. The van der Waals surface area contributed by atoms with E-state index in [0.29, 0.717) is 6.61 Å². The van der Waals surface area contributed by atoms with Gasteiger partial charge in [0.15, 0.2) is 0 Å². The molecule has 84 valence electrons. The van der Waals surface area contributed by atoms with Gasteiger partial charge in [-0.05, 0) is 24.3 Å². The summed E-state index contributed by atoms with van der Waals surface area (Å²) in [5, 5.41) is 11.3. The van der Waals surface area contributed by atoms with Crippen LogP contribution in [0.25, 0.3) is 0 Å². The zero-order valence-corrected chi connectivity index (χ0v) is 9.41. The van der Waals surface area contributed by atoms with E-state index in [2.05, 4.69) is 5.32 Å². The average molecular weight is 231 g/mol. The van der Waals surface area contributed by atoms with Crippen LogP contribution in [-0.2, 0) is 0 Å². The molecule has 15 heavy (non-hydrogen) atoms. The molecule has 0 heterocycles. The molecule has 3 nitrogen and oxygen atoms in total. The number of hydrogen-bond acceptors (Lipinski definition) is 2. The van der Waals surface area contributed by atoms with E-state index in [0.717, 1.165) is 30.3 Å². The summed E-state index contributed by atoms with van der Waals surface area (Å²) < 4.78 is 5.50.